The predicted octanol–water partition coefficient (Wildman–Crippen LogP) is 3.30. The lowest BCUT2D eigenvalue weighted by Gasteiger charge is -2.05. The Kier molecular flexibility index (Phi) is 2.95. The van der Waals surface area contributed by atoms with Gasteiger partial charge in [-0.3, -0.25) is 0 Å². The van der Waals surface area contributed by atoms with Crippen molar-refractivity contribution >= 4 is 27.5 Å². The molecule has 0 fully saturated rings. The molecular weight excluding hydrogens is 296 g/mol. The van der Waals surface area contributed by atoms with Crippen molar-refractivity contribution in [3.8, 4) is 11.8 Å². The molecule has 1 heterocycles. The SMILES string of the molecule is N#Cc1ccc(-n2cc(Cl)cn2)c(F)c1Br. The molecule has 0 bridgehead atoms. The van der Waals surface area contributed by atoms with Crippen molar-refractivity contribution < 1.29 is 4.39 Å². The Labute approximate surface area is 104 Å². The van der Waals surface area contributed by atoms with Gasteiger partial charge in [0.05, 0.1) is 21.3 Å². The Morgan fingerprint density at radius 1 is 1.50 bits per heavy atom. The molecule has 3 nitrogen and oxygen atoms in total. The fraction of sp³-hybridized carbons (Fsp3) is 0. The molecule has 0 atom stereocenters. The van der Waals surface area contributed by atoms with Gasteiger partial charge in [-0.1, -0.05) is 11.6 Å². The number of aromatic nitrogens is 2. The van der Waals surface area contributed by atoms with Crippen LogP contribution in [-0.2, 0) is 0 Å². The van der Waals surface area contributed by atoms with Crippen molar-refractivity contribution in [3.05, 3.63) is 45.4 Å². The summed E-state index contributed by atoms with van der Waals surface area (Å²) >= 11 is 8.71. The molecule has 0 amide bonds. The minimum Gasteiger partial charge on any atom is -0.236 e. The minimum atomic E-state index is -0.543. The van der Waals surface area contributed by atoms with Crippen LogP contribution in [0.1, 0.15) is 5.56 Å². The van der Waals surface area contributed by atoms with Crippen LogP contribution in [0.2, 0.25) is 5.02 Å². The molecule has 0 unspecified atom stereocenters. The highest BCUT2D eigenvalue weighted by molar-refractivity contribution is 9.10. The average molecular weight is 301 g/mol. The third kappa shape index (κ3) is 1.82. The first-order valence-electron chi connectivity index (χ1n) is 4.22. The molecule has 0 N–H and O–H groups in total. The Bertz CT molecular complexity index is 588. The van der Waals surface area contributed by atoms with Crippen LogP contribution in [0, 0.1) is 17.1 Å². The van der Waals surface area contributed by atoms with Crippen molar-refractivity contribution in [1.82, 2.24) is 9.78 Å². The molecule has 0 saturated carbocycles. The maximum Gasteiger partial charge on any atom is 0.164 e. The number of hydrogen-bond donors (Lipinski definition) is 0. The van der Waals surface area contributed by atoms with Crippen LogP contribution in [0.4, 0.5) is 4.39 Å². The van der Waals surface area contributed by atoms with Gasteiger partial charge in [0, 0.05) is 6.20 Å². The Hall–Kier alpha value is -1.38. The van der Waals surface area contributed by atoms with Crippen LogP contribution in [0.5, 0.6) is 0 Å². The molecule has 2 rings (SSSR count). The second-order valence-corrected chi connectivity index (χ2v) is 4.20. The minimum absolute atomic E-state index is 0.124. The number of hydrogen-bond acceptors (Lipinski definition) is 2. The van der Waals surface area contributed by atoms with Gasteiger partial charge in [0.25, 0.3) is 0 Å². The van der Waals surface area contributed by atoms with E-state index in [1.165, 1.54) is 29.2 Å². The lowest BCUT2D eigenvalue weighted by molar-refractivity contribution is 0.604. The van der Waals surface area contributed by atoms with E-state index in [9.17, 15) is 4.39 Å². The molecular formula is C10H4BrClFN3. The standard InChI is InChI=1S/C10H4BrClFN3/c11-9-6(3-14)1-2-8(10(9)13)16-5-7(12)4-15-16/h1-2,4-5H. The summed E-state index contributed by atoms with van der Waals surface area (Å²) in [5, 5.41) is 13.0. The van der Waals surface area contributed by atoms with Crippen LogP contribution in [0.15, 0.2) is 29.0 Å². The molecule has 80 valence electrons. The van der Waals surface area contributed by atoms with Crippen LogP contribution in [0.3, 0.4) is 0 Å². The van der Waals surface area contributed by atoms with Crippen molar-refractivity contribution in [3.63, 3.8) is 0 Å². The van der Waals surface area contributed by atoms with Crippen molar-refractivity contribution in [2.24, 2.45) is 0 Å². The van der Waals surface area contributed by atoms with Crippen LogP contribution in [-0.4, -0.2) is 9.78 Å². The highest BCUT2D eigenvalue weighted by Crippen LogP contribution is 2.25. The molecule has 1 aromatic heterocycles. The van der Waals surface area contributed by atoms with Crippen molar-refractivity contribution in [1.29, 1.82) is 5.26 Å². The third-order valence-electron chi connectivity index (χ3n) is 1.98. The van der Waals surface area contributed by atoms with E-state index in [2.05, 4.69) is 21.0 Å². The van der Waals surface area contributed by atoms with Crippen molar-refractivity contribution in [2.45, 2.75) is 0 Å². The van der Waals surface area contributed by atoms with E-state index in [-0.39, 0.29) is 15.7 Å². The van der Waals surface area contributed by atoms with Gasteiger partial charge in [-0.05, 0) is 28.1 Å². The van der Waals surface area contributed by atoms with Gasteiger partial charge in [-0.15, -0.1) is 0 Å². The quantitative estimate of drug-likeness (QED) is 0.811. The molecule has 0 spiro atoms. The lowest BCUT2D eigenvalue weighted by Crippen LogP contribution is -1.99. The first-order chi connectivity index (χ1) is 7.63. The van der Waals surface area contributed by atoms with Gasteiger partial charge in [0.1, 0.15) is 11.8 Å². The van der Waals surface area contributed by atoms with Crippen LogP contribution < -0.4 is 0 Å². The highest BCUT2D eigenvalue weighted by Gasteiger charge is 2.13. The molecule has 16 heavy (non-hydrogen) atoms. The fourth-order valence-corrected chi connectivity index (χ4v) is 1.80. The molecule has 0 aliphatic heterocycles. The van der Waals surface area contributed by atoms with E-state index in [0.717, 1.165) is 0 Å². The zero-order valence-corrected chi connectivity index (χ0v) is 10.1. The second kappa shape index (κ2) is 4.24. The lowest BCUT2D eigenvalue weighted by atomic mass is 10.2. The van der Waals surface area contributed by atoms with Gasteiger partial charge in [-0.25, -0.2) is 9.07 Å². The smallest absolute Gasteiger partial charge is 0.164 e. The van der Waals surface area contributed by atoms with Crippen LogP contribution in [0.25, 0.3) is 5.69 Å². The number of benzene rings is 1. The maximum atomic E-state index is 13.8. The van der Waals surface area contributed by atoms with E-state index in [1.807, 2.05) is 6.07 Å². The van der Waals surface area contributed by atoms with Gasteiger partial charge >= 0.3 is 0 Å². The Morgan fingerprint density at radius 3 is 2.81 bits per heavy atom. The second-order valence-electron chi connectivity index (χ2n) is 2.98. The summed E-state index contributed by atoms with van der Waals surface area (Å²) in [6.45, 7) is 0. The van der Waals surface area contributed by atoms with E-state index in [4.69, 9.17) is 16.9 Å². The summed E-state index contributed by atoms with van der Waals surface area (Å²) in [6.07, 6.45) is 2.89. The summed E-state index contributed by atoms with van der Waals surface area (Å²) in [5.41, 5.74) is 0.470. The summed E-state index contributed by atoms with van der Waals surface area (Å²) in [4.78, 5) is 0. The van der Waals surface area contributed by atoms with Crippen molar-refractivity contribution in [2.75, 3.05) is 0 Å². The Morgan fingerprint density at radius 2 is 2.25 bits per heavy atom. The maximum absolute atomic E-state index is 13.8. The topological polar surface area (TPSA) is 41.6 Å². The number of nitrogens with zero attached hydrogens (tertiary/aromatic N) is 3. The summed E-state index contributed by atoms with van der Waals surface area (Å²) in [5.74, 6) is -0.543. The predicted molar refractivity (Wildman–Crippen MR) is 60.9 cm³/mol. The van der Waals surface area contributed by atoms with Crippen LogP contribution >= 0.6 is 27.5 Å². The van der Waals surface area contributed by atoms with E-state index < -0.39 is 5.82 Å². The summed E-state index contributed by atoms with van der Waals surface area (Å²) in [6, 6.07) is 4.86. The van der Waals surface area contributed by atoms with E-state index >= 15 is 0 Å². The molecule has 1 aromatic carbocycles. The Balaban J connectivity index is 2.60. The van der Waals surface area contributed by atoms with E-state index in [1.54, 1.807) is 0 Å². The molecule has 6 heteroatoms. The number of halogens is 3. The van der Waals surface area contributed by atoms with Gasteiger partial charge in [0.15, 0.2) is 5.82 Å². The monoisotopic (exact) mass is 299 g/mol. The average Bonchev–Trinajstić information content (AvgIpc) is 2.69. The van der Waals surface area contributed by atoms with Gasteiger partial charge in [-0.2, -0.15) is 10.4 Å². The van der Waals surface area contributed by atoms with E-state index in [0.29, 0.717) is 5.02 Å². The molecule has 0 aliphatic carbocycles. The molecule has 2 aromatic rings. The first-order valence-corrected chi connectivity index (χ1v) is 5.39. The largest absolute Gasteiger partial charge is 0.236 e. The summed E-state index contributed by atoms with van der Waals surface area (Å²) < 4.78 is 15.3. The van der Waals surface area contributed by atoms with Gasteiger partial charge < -0.3 is 0 Å². The zero-order valence-electron chi connectivity index (χ0n) is 7.78. The first kappa shape index (κ1) is 11.1. The zero-order chi connectivity index (χ0) is 11.7. The summed E-state index contributed by atoms with van der Waals surface area (Å²) in [7, 11) is 0. The number of nitriles is 1. The third-order valence-corrected chi connectivity index (χ3v) is 2.95. The fourth-order valence-electron chi connectivity index (χ4n) is 1.24. The molecule has 0 saturated heterocycles. The number of rotatable bonds is 1. The highest BCUT2D eigenvalue weighted by atomic mass is 79.9. The molecule has 0 aliphatic rings. The normalized spacial score (nSPS) is 10.1. The molecule has 0 radical (unpaired) electrons. The van der Waals surface area contributed by atoms with Gasteiger partial charge in [0.2, 0.25) is 0 Å².